The summed E-state index contributed by atoms with van der Waals surface area (Å²) in [4.78, 5) is 8.69. The highest BCUT2D eigenvalue weighted by Crippen LogP contribution is 2.31. The second kappa shape index (κ2) is 4.84. The molecule has 6 nitrogen and oxygen atoms in total. The van der Waals surface area contributed by atoms with Crippen LogP contribution in [0.2, 0.25) is 0 Å². The second-order valence-corrected chi connectivity index (χ2v) is 5.42. The first kappa shape index (κ1) is 13.7. The highest BCUT2D eigenvalue weighted by Gasteiger charge is 2.25. The van der Waals surface area contributed by atoms with Gasteiger partial charge in [-0.2, -0.15) is 0 Å². The average Bonchev–Trinajstić information content (AvgIpc) is 2.19. The third kappa shape index (κ3) is 3.04. The monoisotopic (exact) mass is 283 g/mol. The van der Waals surface area contributed by atoms with Gasteiger partial charge in [0.1, 0.15) is 4.90 Å². The van der Waals surface area contributed by atoms with Gasteiger partial charge in [-0.25, -0.2) is 12.8 Å². The Hall–Kier alpha value is -1.41. The Kier molecular flexibility index (Phi) is 3.89. The minimum Gasteiger partial charge on any atom is -0.490 e. The Morgan fingerprint density at radius 3 is 2.53 bits per heavy atom. The third-order valence-electron chi connectivity index (χ3n) is 1.76. The predicted octanol–water partition coefficient (Wildman–Crippen LogP) is 2.06. The fourth-order valence-corrected chi connectivity index (χ4v) is 2.01. The molecule has 1 rings (SSSR count). The zero-order valence-corrected chi connectivity index (χ0v) is 10.1. The van der Waals surface area contributed by atoms with Crippen molar-refractivity contribution in [2.24, 2.45) is 0 Å². The van der Waals surface area contributed by atoms with E-state index in [2.05, 4.69) is 0 Å². The van der Waals surface area contributed by atoms with Gasteiger partial charge in [0.15, 0.2) is 11.6 Å². The van der Waals surface area contributed by atoms with Crippen molar-refractivity contribution < 1.29 is 22.5 Å². The molecule has 1 aromatic rings. The molecule has 0 N–H and O–H groups in total. The summed E-state index contributed by atoms with van der Waals surface area (Å²) < 4.78 is 40.4. The van der Waals surface area contributed by atoms with Crippen LogP contribution >= 0.6 is 10.7 Å². The van der Waals surface area contributed by atoms with Crippen molar-refractivity contribution >= 4 is 25.4 Å². The van der Waals surface area contributed by atoms with Gasteiger partial charge in [0.05, 0.1) is 17.6 Å². The van der Waals surface area contributed by atoms with Crippen LogP contribution in [0.3, 0.4) is 0 Å². The standard InChI is InChI=1S/C8H7ClFNO5S/c1-2-16-6-3-5(11(12)13)4-7(8(6)10)17(9,14)15/h3-4H,2H2,1H3. The molecule has 0 amide bonds. The van der Waals surface area contributed by atoms with E-state index >= 15 is 0 Å². The van der Waals surface area contributed by atoms with E-state index in [4.69, 9.17) is 15.4 Å². The smallest absolute Gasteiger partial charge is 0.274 e. The van der Waals surface area contributed by atoms with Crippen LogP contribution in [0.25, 0.3) is 0 Å². The number of nitro groups is 1. The van der Waals surface area contributed by atoms with E-state index < -0.39 is 36.1 Å². The maximum atomic E-state index is 13.6. The molecule has 94 valence electrons. The first-order valence-electron chi connectivity index (χ1n) is 4.32. The van der Waals surface area contributed by atoms with Crippen LogP contribution in [0.5, 0.6) is 5.75 Å². The summed E-state index contributed by atoms with van der Waals surface area (Å²) in [6.07, 6.45) is 0. The van der Waals surface area contributed by atoms with Gasteiger partial charge < -0.3 is 4.74 Å². The van der Waals surface area contributed by atoms with Crippen LogP contribution in [0.1, 0.15) is 6.92 Å². The summed E-state index contributed by atoms with van der Waals surface area (Å²) >= 11 is 0. The molecule has 0 saturated carbocycles. The van der Waals surface area contributed by atoms with E-state index in [9.17, 15) is 22.9 Å². The van der Waals surface area contributed by atoms with Crippen LogP contribution in [0, 0.1) is 15.9 Å². The Bertz CT molecular complexity index is 559. The molecule has 0 aromatic heterocycles. The lowest BCUT2D eigenvalue weighted by atomic mass is 10.3. The summed E-state index contributed by atoms with van der Waals surface area (Å²) in [5.41, 5.74) is -0.617. The summed E-state index contributed by atoms with van der Waals surface area (Å²) in [6.45, 7) is 1.55. The number of nitro benzene ring substituents is 1. The van der Waals surface area contributed by atoms with E-state index in [1.165, 1.54) is 6.92 Å². The van der Waals surface area contributed by atoms with Crippen LogP contribution in [0.4, 0.5) is 10.1 Å². The molecule has 0 saturated heterocycles. The molecular formula is C8H7ClFNO5S. The van der Waals surface area contributed by atoms with Gasteiger partial charge in [0, 0.05) is 16.7 Å². The molecule has 0 spiro atoms. The Balaban J connectivity index is 3.54. The number of halogens is 2. The number of nitrogens with zero attached hydrogens (tertiary/aromatic N) is 1. The fourth-order valence-electron chi connectivity index (χ4n) is 1.10. The zero-order valence-electron chi connectivity index (χ0n) is 8.51. The first-order valence-corrected chi connectivity index (χ1v) is 6.63. The average molecular weight is 284 g/mol. The highest BCUT2D eigenvalue weighted by molar-refractivity contribution is 8.13. The van der Waals surface area contributed by atoms with Crippen molar-refractivity contribution in [1.29, 1.82) is 0 Å². The summed E-state index contributed by atoms with van der Waals surface area (Å²) in [5, 5.41) is 10.5. The van der Waals surface area contributed by atoms with Gasteiger partial charge in [-0.3, -0.25) is 10.1 Å². The lowest BCUT2D eigenvalue weighted by molar-refractivity contribution is -0.385. The van der Waals surface area contributed by atoms with E-state index in [1.807, 2.05) is 0 Å². The second-order valence-electron chi connectivity index (χ2n) is 2.88. The first-order chi connectivity index (χ1) is 7.77. The van der Waals surface area contributed by atoms with Crippen LogP contribution in [0.15, 0.2) is 17.0 Å². The van der Waals surface area contributed by atoms with Crippen molar-refractivity contribution in [2.45, 2.75) is 11.8 Å². The maximum absolute atomic E-state index is 13.6. The molecule has 0 radical (unpaired) electrons. The molecule has 0 bridgehead atoms. The molecule has 9 heteroatoms. The highest BCUT2D eigenvalue weighted by atomic mass is 35.7. The van der Waals surface area contributed by atoms with Crippen molar-refractivity contribution in [3.8, 4) is 5.75 Å². The molecule has 0 atom stereocenters. The van der Waals surface area contributed by atoms with Crippen molar-refractivity contribution in [2.75, 3.05) is 6.61 Å². The van der Waals surface area contributed by atoms with E-state index in [0.717, 1.165) is 6.07 Å². The van der Waals surface area contributed by atoms with Crippen molar-refractivity contribution in [3.63, 3.8) is 0 Å². The van der Waals surface area contributed by atoms with E-state index in [0.29, 0.717) is 6.07 Å². The summed E-state index contributed by atoms with van der Waals surface area (Å²) in [5.74, 6) is -1.77. The van der Waals surface area contributed by atoms with Gasteiger partial charge in [-0.1, -0.05) is 0 Å². The number of hydrogen-bond donors (Lipinski definition) is 0. The van der Waals surface area contributed by atoms with Gasteiger partial charge in [0.2, 0.25) is 0 Å². The topological polar surface area (TPSA) is 86.5 Å². The number of hydrogen-bond acceptors (Lipinski definition) is 5. The molecule has 0 aliphatic carbocycles. The molecule has 0 unspecified atom stereocenters. The fraction of sp³-hybridized carbons (Fsp3) is 0.250. The number of ether oxygens (including phenoxy) is 1. The Morgan fingerprint density at radius 2 is 2.12 bits per heavy atom. The normalized spacial score (nSPS) is 11.2. The lowest BCUT2D eigenvalue weighted by Gasteiger charge is -2.06. The van der Waals surface area contributed by atoms with Gasteiger partial charge in [0.25, 0.3) is 14.7 Å². The van der Waals surface area contributed by atoms with Crippen molar-refractivity contribution in [3.05, 3.63) is 28.1 Å². The Morgan fingerprint density at radius 1 is 1.53 bits per heavy atom. The molecule has 1 aromatic carbocycles. The number of rotatable bonds is 4. The third-order valence-corrected chi connectivity index (χ3v) is 3.09. The molecule has 17 heavy (non-hydrogen) atoms. The summed E-state index contributed by atoms with van der Waals surface area (Å²) in [7, 11) is 0.549. The maximum Gasteiger partial charge on any atom is 0.274 e. The summed E-state index contributed by atoms with van der Waals surface area (Å²) in [6, 6.07) is 1.34. The SMILES string of the molecule is CCOc1cc([N+](=O)[O-])cc(S(=O)(=O)Cl)c1F. The van der Waals surface area contributed by atoms with Gasteiger partial charge in [-0.15, -0.1) is 0 Å². The van der Waals surface area contributed by atoms with Crippen molar-refractivity contribution in [1.82, 2.24) is 0 Å². The zero-order chi connectivity index (χ0) is 13.2. The van der Waals surface area contributed by atoms with E-state index in [1.54, 1.807) is 0 Å². The number of non-ortho nitro benzene ring substituents is 1. The lowest BCUT2D eigenvalue weighted by Crippen LogP contribution is -2.03. The molecular weight excluding hydrogens is 277 g/mol. The minimum atomic E-state index is -4.42. The van der Waals surface area contributed by atoms with E-state index in [-0.39, 0.29) is 6.61 Å². The largest absolute Gasteiger partial charge is 0.490 e. The quantitative estimate of drug-likeness (QED) is 0.479. The Labute approximate surface area is 101 Å². The van der Waals surface area contributed by atoms with Gasteiger partial charge in [-0.05, 0) is 6.92 Å². The predicted molar refractivity (Wildman–Crippen MR) is 57.3 cm³/mol. The molecule has 0 aliphatic heterocycles. The van der Waals surface area contributed by atoms with Gasteiger partial charge >= 0.3 is 0 Å². The molecule has 0 heterocycles. The van der Waals surface area contributed by atoms with Crippen LogP contribution < -0.4 is 4.74 Å². The van der Waals surface area contributed by atoms with Crippen LogP contribution in [-0.4, -0.2) is 19.9 Å². The number of benzene rings is 1. The molecule has 0 aliphatic rings. The molecule has 0 fully saturated rings. The minimum absolute atomic E-state index is 0.0276. The van der Waals surface area contributed by atoms with Crippen LogP contribution in [-0.2, 0) is 9.05 Å².